The normalized spacial score (nSPS) is 14.9. The number of hydrogen-bond acceptors (Lipinski definition) is 4. The molecule has 1 aliphatic rings. The number of benzene rings is 1. The van der Waals surface area contributed by atoms with Crippen molar-refractivity contribution in [2.75, 3.05) is 17.0 Å². The average Bonchev–Trinajstić information content (AvgIpc) is 2.53. The predicted octanol–water partition coefficient (Wildman–Crippen LogP) is 2.85. The van der Waals surface area contributed by atoms with Gasteiger partial charge in [0.1, 0.15) is 5.75 Å². The summed E-state index contributed by atoms with van der Waals surface area (Å²) in [7, 11) is 0. The van der Waals surface area contributed by atoms with Crippen molar-refractivity contribution >= 4 is 27.3 Å². The Labute approximate surface area is 104 Å². The van der Waals surface area contributed by atoms with Gasteiger partial charge >= 0.3 is 0 Å². The van der Waals surface area contributed by atoms with Crippen LogP contribution in [0.5, 0.6) is 5.75 Å². The Bertz CT molecular complexity index is 414. The highest BCUT2D eigenvalue weighted by Crippen LogP contribution is 2.41. The number of aromatic hydroxyl groups is 1. The van der Waals surface area contributed by atoms with Crippen LogP contribution in [-0.2, 0) is 0 Å². The standard InChI is InChI=1S/C11H16BrN3O/c1-11(2,3)6-15-7-4-5-8(16)9(12)10(7)13-14-15/h4-5,13-14,16H,6H2,1-3H3. The minimum Gasteiger partial charge on any atom is -0.507 e. The van der Waals surface area contributed by atoms with E-state index in [4.69, 9.17) is 0 Å². The number of nitrogens with one attached hydrogen (secondary N) is 2. The molecular weight excluding hydrogens is 270 g/mol. The summed E-state index contributed by atoms with van der Waals surface area (Å²) in [6.07, 6.45) is 0. The molecule has 5 heteroatoms. The Hall–Kier alpha value is -0.940. The zero-order chi connectivity index (χ0) is 11.9. The van der Waals surface area contributed by atoms with Crippen molar-refractivity contribution in [2.24, 2.45) is 5.41 Å². The van der Waals surface area contributed by atoms with Crippen LogP contribution in [-0.4, -0.2) is 11.7 Å². The number of nitrogens with zero attached hydrogens (tertiary/aromatic N) is 1. The van der Waals surface area contributed by atoms with Gasteiger partial charge in [0.25, 0.3) is 0 Å². The maximum absolute atomic E-state index is 9.57. The topological polar surface area (TPSA) is 47.5 Å². The van der Waals surface area contributed by atoms with E-state index in [-0.39, 0.29) is 11.2 Å². The van der Waals surface area contributed by atoms with Gasteiger partial charge in [0.15, 0.2) is 0 Å². The molecule has 1 aromatic carbocycles. The Morgan fingerprint density at radius 2 is 2.06 bits per heavy atom. The van der Waals surface area contributed by atoms with Crippen LogP contribution in [0.1, 0.15) is 20.8 Å². The first-order valence-electron chi connectivity index (χ1n) is 5.19. The number of anilines is 2. The number of halogens is 1. The molecule has 0 bridgehead atoms. The zero-order valence-corrected chi connectivity index (χ0v) is 11.2. The highest BCUT2D eigenvalue weighted by atomic mass is 79.9. The van der Waals surface area contributed by atoms with Gasteiger partial charge < -0.3 is 10.5 Å². The number of hydrazine groups is 2. The molecule has 3 N–H and O–H groups in total. The molecule has 1 aromatic rings. The van der Waals surface area contributed by atoms with E-state index >= 15 is 0 Å². The first-order valence-corrected chi connectivity index (χ1v) is 5.98. The van der Waals surface area contributed by atoms with Gasteiger partial charge in [0.05, 0.1) is 15.8 Å². The van der Waals surface area contributed by atoms with Crippen molar-refractivity contribution in [3.05, 3.63) is 16.6 Å². The van der Waals surface area contributed by atoms with Crippen molar-refractivity contribution in [2.45, 2.75) is 20.8 Å². The molecule has 0 unspecified atom stereocenters. The summed E-state index contributed by atoms with van der Waals surface area (Å²) in [6, 6.07) is 3.58. The van der Waals surface area contributed by atoms with E-state index in [2.05, 4.69) is 47.7 Å². The average molecular weight is 286 g/mol. The summed E-state index contributed by atoms with van der Waals surface area (Å²) in [5, 5.41) is 11.6. The fourth-order valence-corrected chi connectivity index (χ4v) is 2.12. The minimum atomic E-state index is 0.195. The van der Waals surface area contributed by atoms with Gasteiger partial charge in [-0.25, -0.2) is 0 Å². The first kappa shape index (κ1) is 11.5. The molecule has 88 valence electrons. The van der Waals surface area contributed by atoms with Crippen LogP contribution in [0.2, 0.25) is 0 Å². The molecule has 0 atom stereocenters. The third-order valence-corrected chi connectivity index (χ3v) is 3.14. The molecule has 0 amide bonds. The minimum absolute atomic E-state index is 0.195. The Morgan fingerprint density at radius 3 is 2.69 bits per heavy atom. The predicted molar refractivity (Wildman–Crippen MR) is 69.4 cm³/mol. The third kappa shape index (κ3) is 2.10. The zero-order valence-electron chi connectivity index (χ0n) is 9.63. The molecule has 0 radical (unpaired) electrons. The van der Waals surface area contributed by atoms with Gasteiger partial charge in [0, 0.05) is 6.54 Å². The summed E-state index contributed by atoms with van der Waals surface area (Å²) in [4.78, 5) is 0. The largest absolute Gasteiger partial charge is 0.507 e. The van der Waals surface area contributed by atoms with E-state index in [9.17, 15) is 5.11 Å². The maximum atomic E-state index is 9.57. The summed E-state index contributed by atoms with van der Waals surface area (Å²) in [6.45, 7) is 7.43. The van der Waals surface area contributed by atoms with Crippen LogP contribution in [0.3, 0.4) is 0 Å². The van der Waals surface area contributed by atoms with E-state index in [1.54, 1.807) is 6.07 Å². The molecule has 1 heterocycles. The second-order valence-electron chi connectivity index (χ2n) is 5.18. The lowest BCUT2D eigenvalue weighted by Crippen LogP contribution is -2.41. The van der Waals surface area contributed by atoms with E-state index in [1.807, 2.05) is 11.1 Å². The highest BCUT2D eigenvalue weighted by Gasteiger charge is 2.25. The van der Waals surface area contributed by atoms with E-state index in [0.29, 0.717) is 4.47 Å². The molecule has 0 fully saturated rings. The van der Waals surface area contributed by atoms with Crippen molar-refractivity contribution in [1.82, 2.24) is 5.53 Å². The van der Waals surface area contributed by atoms with Gasteiger partial charge in [-0.05, 0) is 33.5 Å². The van der Waals surface area contributed by atoms with Crippen LogP contribution < -0.4 is 16.0 Å². The molecule has 0 aromatic heterocycles. The Balaban J connectivity index is 2.31. The lowest BCUT2D eigenvalue weighted by Gasteiger charge is -2.27. The van der Waals surface area contributed by atoms with Crippen molar-refractivity contribution < 1.29 is 5.11 Å². The summed E-state index contributed by atoms with van der Waals surface area (Å²) < 4.78 is 0.689. The molecule has 0 aliphatic carbocycles. The van der Waals surface area contributed by atoms with Crippen molar-refractivity contribution in [3.63, 3.8) is 0 Å². The smallest absolute Gasteiger partial charge is 0.132 e. The second-order valence-corrected chi connectivity index (χ2v) is 5.97. The monoisotopic (exact) mass is 285 g/mol. The third-order valence-electron chi connectivity index (χ3n) is 2.34. The Morgan fingerprint density at radius 1 is 1.38 bits per heavy atom. The summed E-state index contributed by atoms with van der Waals surface area (Å²) in [5.74, 6) is 0.241. The van der Waals surface area contributed by atoms with Crippen LogP contribution in [0, 0.1) is 5.41 Å². The number of phenols is 1. The van der Waals surface area contributed by atoms with Crippen LogP contribution >= 0.6 is 15.9 Å². The lowest BCUT2D eigenvalue weighted by atomic mass is 9.96. The van der Waals surface area contributed by atoms with Gasteiger partial charge in [-0.3, -0.25) is 5.01 Å². The maximum Gasteiger partial charge on any atom is 0.132 e. The molecule has 0 saturated heterocycles. The molecule has 0 spiro atoms. The molecule has 2 rings (SSSR count). The van der Waals surface area contributed by atoms with Gasteiger partial charge in [-0.2, -0.15) is 0 Å². The molecule has 16 heavy (non-hydrogen) atoms. The van der Waals surface area contributed by atoms with Crippen molar-refractivity contribution in [1.29, 1.82) is 0 Å². The van der Waals surface area contributed by atoms with Gasteiger partial charge in [0.2, 0.25) is 0 Å². The van der Waals surface area contributed by atoms with Gasteiger partial charge in [-0.1, -0.05) is 20.8 Å². The van der Waals surface area contributed by atoms with Gasteiger partial charge in [-0.15, -0.1) is 5.53 Å². The van der Waals surface area contributed by atoms with E-state index < -0.39 is 0 Å². The van der Waals surface area contributed by atoms with Crippen molar-refractivity contribution in [3.8, 4) is 5.75 Å². The van der Waals surface area contributed by atoms with E-state index in [0.717, 1.165) is 17.9 Å². The number of rotatable bonds is 1. The second kappa shape index (κ2) is 3.82. The number of hydrogen-bond donors (Lipinski definition) is 3. The fraction of sp³-hybridized carbons (Fsp3) is 0.455. The number of phenolic OH excluding ortho intramolecular Hbond substituents is 1. The lowest BCUT2D eigenvalue weighted by molar-refractivity contribution is 0.400. The first-order chi connectivity index (χ1) is 7.38. The summed E-state index contributed by atoms with van der Waals surface area (Å²) >= 11 is 3.36. The SMILES string of the molecule is CC(C)(C)CN1NNc2c1ccc(O)c2Br. The molecule has 4 nitrogen and oxygen atoms in total. The number of fused-ring (bicyclic) bond motifs is 1. The van der Waals surface area contributed by atoms with Crippen LogP contribution in [0.25, 0.3) is 0 Å². The fourth-order valence-electron chi connectivity index (χ4n) is 1.68. The molecule has 1 aliphatic heterocycles. The highest BCUT2D eigenvalue weighted by molar-refractivity contribution is 9.10. The van der Waals surface area contributed by atoms with Crippen LogP contribution in [0.4, 0.5) is 11.4 Å². The molecular formula is C11H16BrN3O. The Kier molecular flexibility index (Phi) is 2.75. The summed E-state index contributed by atoms with van der Waals surface area (Å²) in [5.41, 5.74) is 8.26. The quantitative estimate of drug-likeness (QED) is 0.743. The van der Waals surface area contributed by atoms with E-state index in [1.165, 1.54) is 0 Å². The van der Waals surface area contributed by atoms with Crippen LogP contribution in [0.15, 0.2) is 16.6 Å². The molecule has 0 saturated carbocycles.